The second kappa shape index (κ2) is 8.38. The van der Waals surface area contributed by atoms with Gasteiger partial charge in [-0.25, -0.2) is 4.98 Å². The number of fused-ring (bicyclic) bond motifs is 2. The number of piperidine rings is 2. The number of carbonyl (C=O) groups is 1. The van der Waals surface area contributed by atoms with Gasteiger partial charge in [-0.2, -0.15) is 13.2 Å². The summed E-state index contributed by atoms with van der Waals surface area (Å²) in [7, 11) is 1.14. The van der Waals surface area contributed by atoms with Crippen LogP contribution in [0, 0.1) is 5.92 Å². The Kier molecular flexibility index (Phi) is 5.82. The number of ketones is 1. The number of alkyl halides is 3. The Morgan fingerprint density at radius 1 is 1.17 bits per heavy atom. The molecule has 2 aromatic rings. The maximum absolute atomic E-state index is 13.3. The number of ether oxygens (including phenoxy) is 1. The highest BCUT2D eigenvalue weighted by atomic mass is 19.4. The molecule has 4 rings (SSSR count). The topological polar surface area (TPSA) is 42.4 Å². The number of rotatable bonds is 5. The molecule has 0 aliphatic carbocycles. The molecular weight excluding hydrogens is 393 g/mol. The van der Waals surface area contributed by atoms with Crippen molar-refractivity contribution in [3.63, 3.8) is 0 Å². The van der Waals surface area contributed by atoms with Crippen LogP contribution in [0.1, 0.15) is 53.6 Å². The van der Waals surface area contributed by atoms with Gasteiger partial charge in [0.2, 0.25) is 5.88 Å². The molecule has 2 bridgehead atoms. The van der Waals surface area contributed by atoms with Crippen LogP contribution in [0.5, 0.6) is 5.88 Å². The third-order valence-electron chi connectivity index (χ3n) is 6.34. The van der Waals surface area contributed by atoms with E-state index in [0.717, 1.165) is 39.0 Å². The van der Waals surface area contributed by atoms with Crippen LogP contribution >= 0.6 is 0 Å². The molecule has 0 N–H and O–H groups in total. The van der Waals surface area contributed by atoms with E-state index in [0.29, 0.717) is 12.8 Å². The molecule has 3 heterocycles. The Morgan fingerprint density at radius 2 is 1.83 bits per heavy atom. The molecule has 0 saturated carbocycles. The Morgan fingerprint density at radius 3 is 2.43 bits per heavy atom. The summed E-state index contributed by atoms with van der Waals surface area (Å²) < 4.78 is 44.7. The highest BCUT2D eigenvalue weighted by Gasteiger charge is 2.42. The number of hydrogen-bond donors (Lipinski definition) is 0. The highest BCUT2D eigenvalue weighted by molar-refractivity contribution is 5.98. The lowest BCUT2D eigenvalue weighted by Crippen LogP contribution is -2.52. The fourth-order valence-corrected chi connectivity index (χ4v) is 4.93. The lowest BCUT2D eigenvalue weighted by atomic mass is 9.75. The van der Waals surface area contributed by atoms with Gasteiger partial charge in [0, 0.05) is 36.3 Å². The fraction of sp³-hybridized carbons (Fsp3) is 0.478. The smallest absolute Gasteiger partial charge is 0.421 e. The molecule has 1 aromatic heterocycles. The molecule has 2 aliphatic rings. The van der Waals surface area contributed by atoms with E-state index in [1.807, 2.05) is 18.2 Å². The molecule has 2 saturated heterocycles. The summed E-state index contributed by atoms with van der Waals surface area (Å²) >= 11 is 0. The Labute approximate surface area is 174 Å². The van der Waals surface area contributed by atoms with E-state index >= 15 is 0 Å². The summed E-state index contributed by atoms with van der Waals surface area (Å²) in [4.78, 5) is 19.3. The minimum Gasteiger partial charge on any atom is -0.481 e. The number of benzene rings is 1. The van der Waals surface area contributed by atoms with Gasteiger partial charge in [0.25, 0.3) is 0 Å². The zero-order valence-corrected chi connectivity index (χ0v) is 16.9. The van der Waals surface area contributed by atoms with Crippen molar-refractivity contribution < 1.29 is 22.7 Å². The van der Waals surface area contributed by atoms with E-state index in [9.17, 15) is 18.0 Å². The SMILES string of the molecule is COc1ncc(C(=O)C2CC3CCCC(C2)N3Cc2ccccc2)cc1C(F)(F)F. The van der Waals surface area contributed by atoms with E-state index in [2.05, 4.69) is 22.0 Å². The van der Waals surface area contributed by atoms with Crippen LogP contribution in [0.4, 0.5) is 13.2 Å². The summed E-state index contributed by atoms with van der Waals surface area (Å²) in [6, 6.07) is 11.7. The van der Waals surface area contributed by atoms with E-state index in [1.165, 1.54) is 11.8 Å². The summed E-state index contributed by atoms with van der Waals surface area (Å²) in [5.74, 6) is -1.02. The number of nitrogens with zero attached hydrogens (tertiary/aromatic N) is 2. The van der Waals surface area contributed by atoms with E-state index in [4.69, 9.17) is 4.74 Å². The molecule has 1 aromatic carbocycles. The number of carbonyl (C=O) groups excluding carboxylic acids is 1. The monoisotopic (exact) mass is 418 g/mol. The van der Waals surface area contributed by atoms with Crippen LogP contribution in [0.3, 0.4) is 0 Å². The van der Waals surface area contributed by atoms with Gasteiger partial charge < -0.3 is 4.74 Å². The van der Waals surface area contributed by atoms with Crippen LogP contribution in [0.25, 0.3) is 0 Å². The van der Waals surface area contributed by atoms with Gasteiger partial charge in [-0.05, 0) is 37.3 Å². The van der Waals surface area contributed by atoms with Crippen LogP contribution in [-0.2, 0) is 12.7 Å². The van der Waals surface area contributed by atoms with Crippen molar-refractivity contribution in [1.29, 1.82) is 0 Å². The van der Waals surface area contributed by atoms with Gasteiger partial charge in [-0.15, -0.1) is 0 Å². The predicted octanol–water partition coefficient (Wildman–Crippen LogP) is 5.13. The van der Waals surface area contributed by atoms with Crippen LogP contribution in [0.15, 0.2) is 42.6 Å². The maximum atomic E-state index is 13.3. The van der Waals surface area contributed by atoms with Crippen molar-refractivity contribution >= 4 is 5.78 Å². The molecule has 2 fully saturated rings. The molecular formula is C23H25F3N2O2. The van der Waals surface area contributed by atoms with Crippen molar-refractivity contribution in [3.05, 3.63) is 59.3 Å². The van der Waals surface area contributed by atoms with Gasteiger partial charge in [0.1, 0.15) is 5.56 Å². The standard InChI is InChI=1S/C23H25F3N2O2/c1-30-22-20(23(24,25)26)12-17(13-27-22)21(29)16-10-18-8-5-9-19(11-16)28(18)14-15-6-3-2-4-7-15/h2-4,6-7,12-13,16,18-19H,5,8-11,14H2,1H3. The zero-order chi connectivity index (χ0) is 21.3. The lowest BCUT2D eigenvalue weighted by Gasteiger charge is -2.48. The largest absolute Gasteiger partial charge is 0.481 e. The number of halogens is 3. The minimum atomic E-state index is -4.62. The normalized spacial score (nSPS) is 24.5. The number of aromatic nitrogens is 1. The Hall–Kier alpha value is -2.41. The van der Waals surface area contributed by atoms with Gasteiger partial charge in [0.05, 0.1) is 7.11 Å². The maximum Gasteiger partial charge on any atom is 0.421 e. The van der Waals surface area contributed by atoms with Crippen LogP contribution in [0.2, 0.25) is 0 Å². The minimum absolute atomic E-state index is 0.0164. The van der Waals surface area contributed by atoms with Crippen molar-refractivity contribution in [2.75, 3.05) is 7.11 Å². The number of pyridine rings is 1. The molecule has 160 valence electrons. The molecule has 0 radical (unpaired) electrons. The zero-order valence-electron chi connectivity index (χ0n) is 16.9. The summed E-state index contributed by atoms with van der Waals surface area (Å²) in [6.45, 7) is 0.847. The lowest BCUT2D eigenvalue weighted by molar-refractivity contribution is -0.139. The van der Waals surface area contributed by atoms with Crippen molar-refractivity contribution in [2.24, 2.45) is 5.92 Å². The van der Waals surface area contributed by atoms with Crippen LogP contribution in [-0.4, -0.2) is 34.9 Å². The van der Waals surface area contributed by atoms with Gasteiger partial charge in [-0.1, -0.05) is 36.8 Å². The number of Topliss-reactive ketones (excluding diaryl/α,β-unsaturated/α-hetero) is 1. The van der Waals surface area contributed by atoms with Crippen molar-refractivity contribution in [3.8, 4) is 5.88 Å². The number of hydrogen-bond acceptors (Lipinski definition) is 4. The average Bonchev–Trinajstić information content (AvgIpc) is 2.72. The van der Waals surface area contributed by atoms with Gasteiger partial charge in [0.15, 0.2) is 5.78 Å². The first kappa shape index (κ1) is 20.8. The fourth-order valence-electron chi connectivity index (χ4n) is 4.93. The van der Waals surface area contributed by atoms with E-state index in [-0.39, 0.29) is 29.3 Å². The molecule has 30 heavy (non-hydrogen) atoms. The highest BCUT2D eigenvalue weighted by Crippen LogP contribution is 2.40. The van der Waals surface area contributed by atoms with Crippen LogP contribution < -0.4 is 4.74 Å². The summed E-state index contributed by atoms with van der Waals surface area (Å²) in [5.41, 5.74) is 0.258. The predicted molar refractivity (Wildman–Crippen MR) is 106 cm³/mol. The Balaban J connectivity index is 1.53. The molecule has 2 aliphatic heterocycles. The van der Waals surface area contributed by atoms with E-state index in [1.54, 1.807) is 0 Å². The molecule has 0 spiro atoms. The second-order valence-corrected chi connectivity index (χ2v) is 8.21. The van der Waals surface area contributed by atoms with E-state index < -0.39 is 17.6 Å². The first-order chi connectivity index (χ1) is 14.4. The first-order valence-electron chi connectivity index (χ1n) is 10.3. The first-order valence-corrected chi connectivity index (χ1v) is 10.3. The summed E-state index contributed by atoms with van der Waals surface area (Å²) in [5, 5.41) is 0. The average molecular weight is 418 g/mol. The van der Waals surface area contributed by atoms with Crippen molar-refractivity contribution in [1.82, 2.24) is 9.88 Å². The quantitative estimate of drug-likeness (QED) is 0.632. The van der Waals surface area contributed by atoms with Gasteiger partial charge >= 0.3 is 6.18 Å². The number of methoxy groups -OCH3 is 1. The molecule has 2 unspecified atom stereocenters. The molecule has 4 nitrogen and oxygen atoms in total. The molecule has 7 heteroatoms. The summed E-state index contributed by atoms with van der Waals surface area (Å²) in [6.07, 6.45) is 1.10. The third-order valence-corrected chi connectivity index (χ3v) is 6.34. The second-order valence-electron chi connectivity index (χ2n) is 8.21. The third kappa shape index (κ3) is 4.21. The van der Waals surface area contributed by atoms with Crippen molar-refractivity contribution in [2.45, 2.75) is 56.9 Å². The molecule has 2 atom stereocenters. The van der Waals surface area contributed by atoms with Gasteiger partial charge in [-0.3, -0.25) is 9.69 Å². The molecule has 0 amide bonds. The Bertz CT molecular complexity index is 887.